The van der Waals surface area contributed by atoms with E-state index in [4.69, 9.17) is 4.74 Å². The van der Waals surface area contributed by atoms with Crippen LogP contribution in [-0.4, -0.2) is 20.6 Å². The highest BCUT2D eigenvalue weighted by molar-refractivity contribution is 7.92. The number of rotatable bonds is 5. The van der Waals surface area contributed by atoms with Crippen molar-refractivity contribution in [3.05, 3.63) is 65.5 Å². The second-order valence-corrected chi connectivity index (χ2v) is 6.41. The minimum atomic E-state index is -3.42. The van der Waals surface area contributed by atoms with Gasteiger partial charge in [0, 0.05) is 5.69 Å². The van der Waals surface area contributed by atoms with Crippen LogP contribution in [0.15, 0.2) is 48.5 Å². The molecule has 0 fully saturated rings. The first kappa shape index (κ1) is 16.0. The van der Waals surface area contributed by atoms with Gasteiger partial charge in [-0.1, -0.05) is 18.2 Å². The number of ether oxygens (including phenoxy) is 1. The topological polar surface area (TPSA) is 72.5 Å². The average molecular weight is 323 g/mol. The second-order valence-electron chi connectivity index (χ2n) is 4.66. The van der Waals surface area contributed by atoms with E-state index in [9.17, 15) is 17.6 Å². The maximum Gasteiger partial charge on any atom is 0.338 e. The summed E-state index contributed by atoms with van der Waals surface area (Å²) in [5, 5.41) is 0. The molecule has 0 aliphatic carbocycles. The number of benzene rings is 2. The molecule has 0 saturated carbocycles. The van der Waals surface area contributed by atoms with Crippen LogP contribution in [0.1, 0.15) is 15.9 Å². The Labute approximate surface area is 127 Å². The zero-order valence-corrected chi connectivity index (χ0v) is 12.6. The van der Waals surface area contributed by atoms with Gasteiger partial charge in [-0.05, 0) is 35.9 Å². The quantitative estimate of drug-likeness (QED) is 0.858. The molecule has 7 heteroatoms. The lowest BCUT2D eigenvalue weighted by molar-refractivity contribution is 0.0472. The summed E-state index contributed by atoms with van der Waals surface area (Å²) in [7, 11) is -3.42. The molecule has 1 N–H and O–H groups in total. The lowest BCUT2D eigenvalue weighted by Gasteiger charge is -2.07. The van der Waals surface area contributed by atoms with Gasteiger partial charge in [0.25, 0.3) is 0 Å². The van der Waals surface area contributed by atoms with Crippen molar-refractivity contribution >= 4 is 21.7 Å². The van der Waals surface area contributed by atoms with Crippen molar-refractivity contribution in [2.75, 3.05) is 11.0 Å². The summed E-state index contributed by atoms with van der Waals surface area (Å²) in [6.07, 6.45) is 1.02. The summed E-state index contributed by atoms with van der Waals surface area (Å²) in [5.41, 5.74) is 1.15. The van der Waals surface area contributed by atoms with E-state index in [1.807, 2.05) is 0 Å². The van der Waals surface area contributed by atoms with Crippen LogP contribution < -0.4 is 4.72 Å². The van der Waals surface area contributed by atoms with E-state index in [-0.39, 0.29) is 23.7 Å². The third-order valence-electron chi connectivity index (χ3n) is 2.68. The summed E-state index contributed by atoms with van der Waals surface area (Å²) in [6, 6.07) is 11.6. The fourth-order valence-electron chi connectivity index (χ4n) is 1.74. The molecule has 2 rings (SSSR count). The van der Waals surface area contributed by atoms with Crippen LogP contribution in [0.4, 0.5) is 10.1 Å². The van der Waals surface area contributed by atoms with Gasteiger partial charge in [0.15, 0.2) is 0 Å². The zero-order valence-electron chi connectivity index (χ0n) is 11.7. The average Bonchev–Trinajstić information content (AvgIpc) is 2.45. The Morgan fingerprint density at radius 1 is 1.18 bits per heavy atom. The van der Waals surface area contributed by atoms with E-state index in [0.717, 1.165) is 6.26 Å². The first-order chi connectivity index (χ1) is 10.3. The fraction of sp³-hybridized carbons (Fsp3) is 0.133. The van der Waals surface area contributed by atoms with Crippen LogP contribution in [0.25, 0.3) is 0 Å². The van der Waals surface area contributed by atoms with Crippen LogP contribution >= 0.6 is 0 Å². The number of nitrogens with one attached hydrogen (secondary N) is 1. The van der Waals surface area contributed by atoms with Crippen molar-refractivity contribution in [1.29, 1.82) is 0 Å². The first-order valence-corrected chi connectivity index (χ1v) is 8.22. The van der Waals surface area contributed by atoms with Crippen molar-refractivity contribution in [3.8, 4) is 0 Å². The van der Waals surface area contributed by atoms with Gasteiger partial charge in [-0.15, -0.1) is 0 Å². The number of carbonyl (C=O) groups is 1. The smallest absolute Gasteiger partial charge is 0.338 e. The SMILES string of the molecule is CS(=O)(=O)Nc1cccc(C(=O)OCc2ccc(F)cc2)c1. The molecular weight excluding hydrogens is 309 g/mol. The van der Waals surface area contributed by atoms with E-state index >= 15 is 0 Å². The molecule has 5 nitrogen and oxygen atoms in total. The maximum atomic E-state index is 12.8. The van der Waals surface area contributed by atoms with Crippen molar-refractivity contribution in [1.82, 2.24) is 0 Å². The standard InChI is InChI=1S/C15H14FNO4S/c1-22(19,20)17-14-4-2-3-12(9-14)15(18)21-10-11-5-7-13(16)8-6-11/h2-9,17H,10H2,1H3. The Bertz CT molecular complexity index is 772. The van der Waals surface area contributed by atoms with Crippen molar-refractivity contribution < 1.29 is 22.3 Å². The molecule has 2 aromatic rings. The predicted molar refractivity (Wildman–Crippen MR) is 80.4 cm³/mol. The van der Waals surface area contributed by atoms with Crippen LogP contribution in [0, 0.1) is 5.82 Å². The molecule has 2 aromatic carbocycles. The molecule has 0 aliphatic heterocycles. The minimum absolute atomic E-state index is 0.00282. The number of halogens is 1. The monoisotopic (exact) mass is 323 g/mol. The van der Waals surface area contributed by atoms with Crippen LogP contribution in [0.5, 0.6) is 0 Å². The van der Waals surface area contributed by atoms with Gasteiger partial charge in [0.2, 0.25) is 10.0 Å². The van der Waals surface area contributed by atoms with Crippen LogP contribution in [0.3, 0.4) is 0 Å². The van der Waals surface area contributed by atoms with E-state index < -0.39 is 16.0 Å². The number of hydrogen-bond acceptors (Lipinski definition) is 4. The molecule has 0 aromatic heterocycles. The third-order valence-corrected chi connectivity index (χ3v) is 3.29. The molecule has 0 saturated heterocycles. The molecule has 0 spiro atoms. The molecule has 0 aliphatic rings. The highest BCUT2D eigenvalue weighted by Crippen LogP contribution is 2.14. The van der Waals surface area contributed by atoms with Gasteiger partial charge >= 0.3 is 5.97 Å². The van der Waals surface area contributed by atoms with Gasteiger partial charge in [0.1, 0.15) is 12.4 Å². The number of anilines is 1. The number of esters is 1. The van der Waals surface area contributed by atoms with Gasteiger partial charge in [-0.25, -0.2) is 17.6 Å². The summed E-state index contributed by atoms with van der Waals surface area (Å²) < 4.78 is 42.5. The van der Waals surface area contributed by atoms with Crippen LogP contribution in [-0.2, 0) is 21.4 Å². The van der Waals surface area contributed by atoms with E-state index in [1.165, 1.54) is 42.5 Å². The summed E-state index contributed by atoms with van der Waals surface area (Å²) in [5.74, 6) is -0.962. The Hall–Kier alpha value is -2.41. The van der Waals surface area contributed by atoms with E-state index in [1.54, 1.807) is 6.07 Å². The summed E-state index contributed by atoms with van der Waals surface area (Å²) in [6.45, 7) is 0.00282. The van der Waals surface area contributed by atoms with Gasteiger partial charge in [0.05, 0.1) is 11.8 Å². The zero-order chi connectivity index (χ0) is 16.2. The summed E-state index contributed by atoms with van der Waals surface area (Å²) in [4.78, 5) is 11.9. The first-order valence-electron chi connectivity index (χ1n) is 6.33. The molecule has 116 valence electrons. The highest BCUT2D eigenvalue weighted by atomic mass is 32.2. The van der Waals surface area contributed by atoms with Crippen LogP contribution in [0.2, 0.25) is 0 Å². The van der Waals surface area contributed by atoms with Gasteiger partial charge in [-0.3, -0.25) is 4.72 Å². The van der Waals surface area contributed by atoms with Gasteiger partial charge in [-0.2, -0.15) is 0 Å². The molecule has 0 unspecified atom stereocenters. The lowest BCUT2D eigenvalue weighted by atomic mass is 10.2. The van der Waals surface area contributed by atoms with Crippen molar-refractivity contribution in [3.63, 3.8) is 0 Å². The Balaban J connectivity index is 2.03. The van der Waals surface area contributed by atoms with E-state index in [2.05, 4.69) is 4.72 Å². The second kappa shape index (κ2) is 6.57. The molecule has 22 heavy (non-hydrogen) atoms. The van der Waals surface area contributed by atoms with E-state index in [0.29, 0.717) is 5.56 Å². The maximum absolute atomic E-state index is 12.8. The van der Waals surface area contributed by atoms with Gasteiger partial charge < -0.3 is 4.74 Å². The van der Waals surface area contributed by atoms with Crippen molar-refractivity contribution in [2.45, 2.75) is 6.61 Å². The fourth-order valence-corrected chi connectivity index (χ4v) is 2.29. The molecule has 0 amide bonds. The molecular formula is C15H14FNO4S. The van der Waals surface area contributed by atoms with Crippen molar-refractivity contribution in [2.24, 2.45) is 0 Å². The lowest BCUT2D eigenvalue weighted by Crippen LogP contribution is -2.11. The molecule has 0 radical (unpaired) electrons. The molecule has 0 heterocycles. The minimum Gasteiger partial charge on any atom is -0.457 e. The molecule has 0 atom stereocenters. The largest absolute Gasteiger partial charge is 0.457 e. The number of hydrogen-bond donors (Lipinski definition) is 1. The predicted octanol–water partition coefficient (Wildman–Crippen LogP) is 2.55. The normalized spacial score (nSPS) is 11.0. The number of carbonyl (C=O) groups excluding carboxylic acids is 1. The summed E-state index contributed by atoms with van der Waals surface area (Å²) >= 11 is 0. The third kappa shape index (κ3) is 4.85. The Morgan fingerprint density at radius 2 is 1.86 bits per heavy atom. The highest BCUT2D eigenvalue weighted by Gasteiger charge is 2.10. The number of sulfonamides is 1. The Kier molecular flexibility index (Phi) is 4.77. The Morgan fingerprint density at radius 3 is 2.50 bits per heavy atom. The molecule has 0 bridgehead atoms.